The second kappa shape index (κ2) is 10.1. The molecule has 6 nitrogen and oxygen atoms in total. The van der Waals surface area contributed by atoms with E-state index >= 15 is 0 Å². The first-order valence-electron chi connectivity index (χ1n) is 9.55. The molecule has 1 aromatic carbocycles. The Kier molecular flexibility index (Phi) is 7.58. The first-order valence-corrected chi connectivity index (χ1v) is 10.3. The molecular formula is C19H30BrN5O. The van der Waals surface area contributed by atoms with Crippen LogP contribution in [0, 0.1) is 5.92 Å². The van der Waals surface area contributed by atoms with E-state index in [0.717, 1.165) is 69.9 Å². The lowest BCUT2D eigenvalue weighted by Crippen LogP contribution is -2.39. The summed E-state index contributed by atoms with van der Waals surface area (Å²) in [5.74, 6) is 1.15. The van der Waals surface area contributed by atoms with Crippen LogP contribution in [-0.4, -0.2) is 69.9 Å². The van der Waals surface area contributed by atoms with Crippen LogP contribution in [0.2, 0.25) is 0 Å². The van der Waals surface area contributed by atoms with Gasteiger partial charge in [0.15, 0.2) is 5.96 Å². The van der Waals surface area contributed by atoms with E-state index in [0.29, 0.717) is 11.9 Å². The zero-order valence-corrected chi connectivity index (χ0v) is 17.0. The third-order valence-electron chi connectivity index (χ3n) is 5.06. The molecule has 2 aliphatic rings. The average Bonchev–Trinajstić information content (AvgIpc) is 3.14. The minimum absolute atomic E-state index is 0.576. The zero-order valence-electron chi connectivity index (χ0n) is 15.4. The summed E-state index contributed by atoms with van der Waals surface area (Å²) >= 11 is 3.49. The lowest BCUT2D eigenvalue weighted by Gasteiger charge is -2.26. The summed E-state index contributed by atoms with van der Waals surface area (Å²) in [6.45, 7) is 8.71. The Balaban J connectivity index is 1.32. The molecule has 0 amide bonds. The number of morpholine rings is 1. The number of hydrogen-bond donors (Lipinski definition) is 2. The Bertz CT molecular complexity index is 574. The van der Waals surface area contributed by atoms with Gasteiger partial charge in [0.2, 0.25) is 0 Å². The maximum Gasteiger partial charge on any atom is 0.188 e. The van der Waals surface area contributed by atoms with Gasteiger partial charge in [0.25, 0.3) is 0 Å². The van der Waals surface area contributed by atoms with Crippen molar-refractivity contribution in [3.8, 4) is 0 Å². The van der Waals surface area contributed by atoms with Crippen molar-refractivity contribution in [2.24, 2.45) is 16.6 Å². The molecule has 0 spiro atoms. The predicted octanol–water partition coefficient (Wildman–Crippen LogP) is 1.90. The number of hydrogen-bond acceptors (Lipinski definition) is 4. The van der Waals surface area contributed by atoms with Gasteiger partial charge < -0.3 is 20.7 Å². The highest BCUT2D eigenvalue weighted by Crippen LogP contribution is 2.25. The van der Waals surface area contributed by atoms with Crippen LogP contribution in [0.4, 0.5) is 5.69 Å². The van der Waals surface area contributed by atoms with Crippen LogP contribution in [0.5, 0.6) is 0 Å². The average molecular weight is 424 g/mol. The summed E-state index contributed by atoms with van der Waals surface area (Å²) in [6, 6.07) is 8.53. The summed E-state index contributed by atoms with van der Waals surface area (Å²) in [7, 11) is 0. The monoisotopic (exact) mass is 423 g/mol. The van der Waals surface area contributed by atoms with Gasteiger partial charge in [-0.05, 0) is 49.6 Å². The minimum Gasteiger partial charge on any atom is -0.379 e. The van der Waals surface area contributed by atoms with Crippen molar-refractivity contribution in [3.05, 3.63) is 28.7 Å². The highest BCUT2D eigenvalue weighted by molar-refractivity contribution is 9.10. The number of guanidine groups is 1. The van der Waals surface area contributed by atoms with Crippen LogP contribution >= 0.6 is 15.9 Å². The minimum atomic E-state index is 0.576. The fourth-order valence-corrected chi connectivity index (χ4v) is 3.76. The normalized spacial score (nSPS) is 22.0. The van der Waals surface area contributed by atoms with E-state index in [9.17, 15) is 0 Å². The number of ether oxygens (including phenoxy) is 1. The van der Waals surface area contributed by atoms with Crippen LogP contribution in [-0.2, 0) is 4.74 Å². The summed E-state index contributed by atoms with van der Waals surface area (Å²) in [5.41, 5.74) is 7.31. The fraction of sp³-hybridized carbons (Fsp3) is 0.632. The second-order valence-corrected chi connectivity index (χ2v) is 7.95. The van der Waals surface area contributed by atoms with Crippen molar-refractivity contribution in [1.82, 2.24) is 10.2 Å². The standard InChI is InChI=1S/C19H30BrN5O/c20-17-2-4-18(5-3-17)25-9-6-16(15-25)14-23-19(21)22-7-1-8-24-10-12-26-13-11-24/h2-5,16H,1,6-15H2,(H3,21,22,23). The number of anilines is 1. The maximum atomic E-state index is 6.02. The van der Waals surface area contributed by atoms with Crippen LogP contribution < -0.4 is 16.0 Å². The summed E-state index contributed by atoms with van der Waals surface area (Å²) < 4.78 is 6.48. The van der Waals surface area contributed by atoms with Crippen molar-refractivity contribution in [1.29, 1.82) is 0 Å². The smallest absolute Gasteiger partial charge is 0.188 e. The summed E-state index contributed by atoms with van der Waals surface area (Å²) in [5, 5.41) is 3.25. The predicted molar refractivity (Wildman–Crippen MR) is 111 cm³/mol. The molecule has 1 aromatic rings. The third-order valence-corrected chi connectivity index (χ3v) is 5.59. The van der Waals surface area contributed by atoms with Crippen LogP contribution in [0.25, 0.3) is 0 Å². The molecule has 3 rings (SSSR count). The SMILES string of the molecule is NC(=NCC1CCN(c2ccc(Br)cc2)C1)NCCCN1CCOCC1. The molecule has 0 bridgehead atoms. The lowest BCUT2D eigenvalue weighted by atomic mass is 10.1. The molecule has 0 saturated carbocycles. The number of aliphatic imine (C=N–C) groups is 1. The molecule has 1 atom stereocenters. The van der Waals surface area contributed by atoms with E-state index in [-0.39, 0.29) is 0 Å². The van der Waals surface area contributed by atoms with Crippen LogP contribution in [0.1, 0.15) is 12.8 Å². The number of nitrogens with two attached hydrogens (primary N) is 1. The van der Waals surface area contributed by atoms with Crippen LogP contribution in [0.3, 0.4) is 0 Å². The van der Waals surface area contributed by atoms with E-state index in [4.69, 9.17) is 10.5 Å². The van der Waals surface area contributed by atoms with E-state index < -0.39 is 0 Å². The van der Waals surface area contributed by atoms with Gasteiger partial charge in [0.05, 0.1) is 13.2 Å². The first-order chi connectivity index (χ1) is 12.7. The molecule has 7 heteroatoms. The van der Waals surface area contributed by atoms with Gasteiger partial charge in [-0.15, -0.1) is 0 Å². The number of rotatable bonds is 7. The molecule has 2 fully saturated rings. The number of halogens is 1. The molecule has 144 valence electrons. The fourth-order valence-electron chi connectivity index (χ4n) is 3.50. The van der Waals surface area contributed by atoms with Gasteiger partial charge in [-0.3, -0.25) is 9.89 Å². The molecule has 0 aliphatic carbocycles. The first kappa shape index (κ1) is 19.5. The molecule has 3 N–H and O–H groups in total. The zero-order chi connectivity index (χ0) is 18.2. The molecule has 0 aromatic heterocycles. The largest absolute Gasteiger partial charge is 0.379 e. The number of benzene rings is 1. The number of nitrogens with zero attached hydrogens (tertiary/aromatic N) is 3. The van der Waals surface area contributed by atoms with Crippen molar-refractivity contribution < 1.29 is 4.74 Å². The maximum absolute atomic E-state index is 6.02. The van der Waals surface area contributed by atoms with Crippen LogP contribution in [0.15, 0.2) is 33.7 Å². The van der Waals surface area contributed by atoms with Crippen molar-refractivity contribution in [2.75, 3.05) is 63.9 Å². The summed E-state index contributed by atoms with van der Waals surface area (Å²) in [4.78, 5) is 9.42. The second-order valence-electron chi connectivity index (χ2n) is 7.04. The quantitative estimate of drug-likeness (QED) is 0.398. The van der Waals surface area contributed by atoms with Gasteiger partial charge in [0.1, 0.15) is 0 Å². The molecule has 26 heavy (non-hydrogen) atoms. The topological polar surface area (TPSA) is 66.1 Å². The molecule has 2 saturated heterocycles. The molecular weight excluding hydrogens is 394 g/mol. The van der Waals surface area contributed by atoms with Crippen molar-refractivity contribution >= 4 is 27.6 Å². The Hall–Kier alpha value is -1.31. The molecule has 1 unspecified atom stereocenters. The lowest BCUT2D eigenvalue weighted by molar-refractivity contribution is 0.0376. The third kappa shape index (κ3) is 6.14. The molecule has 0 radical (unpaired) electrons. The Labute approximate surface area is 164 Å². The Morgan fingerprint density at radius 1 is 1.23 bits per heavy atom. The molecule has 2 heterocycles. The van der Waals surface area contributed by atoms with E-state index in [1.54, 1.807) is 0 Å². The van der Waals surface area contributed by atoms with E-state index in [1.807, 2.05) is 0 Å². The number of nitrogens with one attached hydrogen (secondary N) is 1. The van der Waals surface area contributed by atoms with Gasteiger partial charge >= 0.3 is 0 Å². The van der Waals surface area contributed by atoms with Gasteiger partial charge in [-0.1, -0.05) is 15.9 Å². The van der Waals surface area contributed by atoms with E-state index in [1.165, 1.54) is 12.1 Å². The highest BCUT2D eigenvalue weighted by atomic mass is 79.9. The Morgan fingerprint density at radius 3 is 2.77 bits per heavy atom. The summed E-state index contributed by atoms with van der Waals surface area (Å²) in [6.07, 6.45) is 2.25. The molecule has 2 aliphatic heterocycles. The van der Waals surface area contributed by atoms with Crippen molar-refractivity contribution in [3.63, 3.8) is 0 Å². The van der Waals surface area contributed by atoms with Gasteiger partial charge in [-0.25, -0.2) is 0 Å². The highest BCUT2D eigenvalue weighted by Gasteiger charge is 2.22. The van der Waals surface area contributed by atoms with Gasteiger partial charge in [-0.2, -0.15) is 0 Å². The Morgan fingerprint density at radius 2 is 2.00 bits per heavy atom. The van der Waals surface area contributed by atoms with Crippen molar-refractivity contribution in [2.45, 2.75) is 12.8 Å². The van der Waals surface area contributed by atoms with E-state index in [2.05, 4.69) is 60.3 Å². The van der Waals surface area contributed by atoms with Gasteiger partial charge in [0, 0.05) is 49.4 Å².